The number of carbonyl (C=O) groups excluding carboxylic acids is 3. The van der Waals surface area contributed by atoms with E-state index in [1.807, 2.05) is 18.2 Å². The zero-order valence-electron chi connectivity index (χ0n) is 15.1. The van der Waals surface area contributed by atoms with E-state index >= 15 is 0 Å². The third-order valence-electron chi connectivity index (χ3n) is 3.91. The highest BCUT2D eigenvalue weighted by atomic mass is 16.6. The normalized spacial score (nSPS) is 12.0. The Balaban J connectivity index is 2.58. The molecule has 0 aliphatic heterocycles. The first kappa shape index (κ1) is 19.5. The van der Waals surface area contributed by atoms with Gasteiger partial charge >= 0.3 is 17.9 Å². The summed E-state index contributed by atoms with van der Waals surface area (Å²) >= 11 is 0. The lowest BCUT2D eigenvalue weighted by molar-refractivity contribution is -0.168. The smallest absolute Gasteiger partial charge is 0.321 e. The minimum Gasteiger partial charge on any atom is -0.465 e. The highest BCUT2D eigenvalue weighted by Crippen LogP contribution is 2.34. The van der Waals surface area contributed by atoms with E-state index in [-0.39, 0.29) is 19.8 Å². The van der Waals surface area contributed by atoms with Crippen LogP contribution in [0.5, 0.6) is 0 Å². The SMILES string of the molecule is CCOC(=O)C(C(=O)OCC)[C@@H](C(=O)OCC)c1c[nH]c2ccccc12. The van der Waals surface area contributed by atoms with Crippen molar-refractivity contribution in [3.63, 3.8) is 0 Å². The molecular formula is C19H23NO6. The van der Waals surface area contributed by atoms with Crippen molar-refractivity contribution < 1.29 is 28.6 Å². The van der Waals surface area contributed by atoms with Crippen LogP contribution in [0.3, 0.4) is 0 Å². The molecule has 0 saturated carbocycles. The lowest BCUT2D eigenvalue weighted by atomic mass is 9.85. The van der Waals surface area contributed by atoms with Gasteiger partial charge in [0.15, 0.2) is 5.92 Å². The minimum atomic E-state index is -1.44. The van der Waals surface area contributed by atoms with Crippen LogP contribution in [-0.4, -0.2) is 42.7 Å². The van der Waals surface area contributed by atoms with Gasteiger partial charge in [-0.25, -0.2) is 0 Å². The van der Waals surface area contributed by atoms with Crippen molar-refractivity contribution in [2.24, 2.45) is 5.92 Å². The summed E-state index contributed by atoms with van der Waals surface area (Å²) in [6.45, 7) is 5.21. The predicted molar refractivity (Wildman–Crippen MR) is 94.4 cm³/mol. The molecule has 0 spiro atoms. The number of rotatable bonds is 8. The standard InChI is InChI=1S/C19H23NO6/c1-4-24-17(21)15(13-11-20-14-10-8-7-9-12(13)14)16(18(22)25-5-2)19(23)26-6-3/h7-11,15-16,20H,4-6H2,1-3H3/t15-/m0/s1. The van der Waals surface area contributed by atoms with E-state index in [4.69, 9.17) is 14.2 Å². The fourth-order valence-electron chi connectivity index (χ4n) is 2.86. The molecule has 2 aromatic rings. The van der Waals surface area contributed by atoms with Crippen molar-refractivity contribution in [2.75, 3.05) is 19.8 Å². The minimum absolute atomic E-state index is 0.0815. The first-order chi connectivity index (χ1) is 12.5. The zero-order valence-corrected chi connectivity index (χ0v) is 15.1. The number of ether oxygens (including phenoxy) is 3. The highest BCUT2D eigenvalue weighted by Gasteiger charge is 2.44. The van der Waals surface area contributed by atoms with E-state index in [1.165, 1.54) is 0 Å². The third kappa shape index (κ3) is 4.04. The zero-order chi connectivity index (χ0) is 19.1. The van der Waals surface area contributed by atoms with E-state index in [0.29, 0.717) is 5.56 Å². The number of para-hydroxylation sites is 1. The largest absolute Gasteiger partial charge is 0.465 e. The maximum atomic E-state index is 12.7. The molecule has 1 N–H and O–H groups in total. The monoisotopic (exact) mass is 361 g/mol. The van der Waals surface area contributed by atoms with Gasteiger partial charge in [0.2, 0.25) is 0 Å². The fraction of sp³-hybridized carbons (Fsp3) is 0.421. The molecule has 1 aromatic carbocycles. The number of hydrogen-bond donors (Lipinski definition) is 1. The summed E-state index contributed by atoms with van der Waals surface area (Å²) < 4.78 is 15.2. The quantitative estimate of drug-likeness (QED) is 0.441. The first-order valence-corrected chi connectivity index (χ1v) is 8.60. The van der Waals surface area contributed by atoms with Crippen LogP contribution in [0.15, 0.2) is 30.5 Å². The van der Waals surface area contributed by atoms with Gasteiger partial charge in [-0.3, -0.25) is 14.4 Å². The van der Waals surface area contributed by atoms with Crippen molar-refractivity contribution in [1.29, 1.82) is 0 Å². The number of H-pyrrole nitrogens is 1. The number of hydrogen-bond acceptors (Lipinski definition) is 6. The average Bonchev–Trinajstić information content (AvgIpc) is 3.03. The van der Waals surface area contributed by atoms with Crippen molar-refractivity contribution in [3.8, 4) is 0 Å². The van der Waals surface area contributed by atoms with E-state index in [9.17, 15) is 14.4 Å². The second kappa shape index (κ2) is 9.03. The molecule has 140 valence electrons. The van der Waals surface area contributed by atoms with Crippen LogP contribution in [0, 0.1) is 5.92 Å². The van der Waals surface area contributed by atoms with Crippen molar-refractivity contribution in [3.05, 3.63) is 36.0 Å². The van der Waals surface area contributed by atoms with E-state index < -0.39 is 29.7 Å². The van der Waals surface area contributed by atoms with E-state index in [1.54, 1.807) is 33.0 Å². The van der Waals surface area contributed by atoms with Crippen LogP contribution in [0.1, 0.15) is 32.3 Å². The molecule has 1 aromatic heterocycles. The van der Waals surface area contributed by atoms with Crippen LogP contribution < -0.4 is 0 Å². The summed E-state index contributed by atoms with van der Waals surface area (Å²) in [5.74, 6) is -4.90. The second-order valence-corrected chi connectivity index (χ2v) is 5.50. The molecule has 0 bridgehead atoms. The molecule has 0 aliphatic carbocycles. The molecule has 7 nitrogen and oxygen atoms in total. The highest BCUT2D eigenvalue weighted by molar-refractivity contribution is 6.03. The third-order valence-corrected chi connectivity index (χ3v) is 3.91. The van der Waals surface area contributed by atoms with Crippen LogP contribution in [0.4, 0.5) is 0 Å². The molecule has 0 radical (unpaired) electrons. The maximum Gasteiger partial charge on any atom is 0.321 e. The summed E-state index contributed by atoms with van der Waals surface area (Å²) in [4.78, 5) is 40.7. The van der Waals surface area contributed by atoms with Crippen LogP contribution in [0.25, 0.3) is 10.9 Å². The van der Waals surface area contributed by atoms with Gasteiger partial charge < -0.3 is 19.2 Å². The molecular weight excluding hydrogens is 338 g/mol. The van der Waals surface area contributed by atoms with Crippen molar-refractivity contribution >= 4 is 28.8 Å². The first-order valence-electron chi connectivity index (χ1n) is 8.60. The van der Waals surface area contributed by atoms with Gasteiger partial charge in [-0.15, -0.1) is 0 Å². The Morgan fingerprint density at radius 3 is 2.00 bits per heavy atom. The molecule has 7 heteroatoms. The van der Waals surface area contributed by atoms with Gasteiger partial charge in [-0.1, -0.05) is 18.2 Å². The van der Waals surface area contributed by atoms with Crippen LogP contribution >= 0.6 is 0 Å². The lowest BCUT2D eigenvalue weighted by Crippen LogP contribution is -2.37. The molecule has 0 unspecified atom stereocenters. The molecule has 1 atom stereocenters. The Kier molecular flexibility index (Phi) is 6.77. The number of esters is 3. The molecule has 26 heavy (non-hydrogen) atoms. The maximum absolute atomic E-state index is 12.7. The summed E-state index contributed by atoms with van der Waals surface area (Å²) in [6.07, 6.45) is 1.61. The molecule has 1 heterocycles. The van der Waals surface area contributed by atoms with Crippen molar-refractivity contribution in [1.82, 2.24) is 4.98 Å². The molecule has 0 saturated heterocycles. The van der Waals surface area contributed by atoms with Gasteiger partial charge in [-0.2, -0.15) is 0 Å². The summed E-state index contributed by atoms with van der Waals surface area (Å²) in [7, 11) is 0. The number of aromatic nitrogens is 1. The summed E-state index contributed by atoms with van der Waals surface area (Å²) in [6, 6.07) is 7.30. The number of nitrogens with one attached hydrogen (secondary N) is 1. The molecule has 2 rings (SSSR count). The molecule has 0 aliphatic rings. The summed E-state index contributed by atoms with van der Waals surface area (Å²) in [5, 5.41) is 0.726. The van der Waals surface area contributed by atoms with Crippen LogP contribution in [-0.2, 0) is 28.6 Å². The van der Waals surface area contributed by atoms with Gasteiger partial charge in [0.25, 0.3) is 0 Å². The van der Waals surface area contributed by atoms with E-state index in [0.717, 1.165) is 10.9 Å². The average molecular weight is 361 g/mol. The Hall–Kier alpha value is -2.83. The van der Waals surface area contributed by atoms with E-state index in [2.05, 4.69) is 4.98 Å². The predicted octanol–water partition coefficient (Wildman–Crippen LogP) is 2.56. The Labute approximate surface area is 151 Å². The Morgan fingerprint density at radius 1 is 0.885 bits per heavy atom. The lowest BCUT2D eigenvalue weighted by Gasteiger charge is -2.22. The van der Waals surface area contributed by atoms with Gasteiger partial charge in [0, 0.05) is 17.1 Å². The number of aromatic amines is 1. The van der Waals surface area contributed by atoms with Gasteiger partial charge in [0.05, 0.1) is 19.8 Å². The Bertz CT molecular complexity index is 763. The summed E-state index contributed by atoms with van der Waals surface area (Å²) in [5.41, 5.74) is 1.27. The van der Waals surface area contributed by atoms with Crippen molar-refractivity contribution in [2.45, 2.75) is 26.7 Å². The molecule has 0 fully saturated rings. The topological polar surface area (TPSA) is 94.7 Å². The van der Waals surface area contributed by atoms with Crippen LogP contribution in [0.2, 0.25) is 0 Å². The number of carbonyl (C=O) groups is 3. The number of fused-ring (bicyclic) bond motifs is 1. The molecule has 0 amide bonds. The number of benzene rings is 1. The fourth-order valence-corrected chi connectivity index (χ4v) is 2.86. The second-order valence-electron chi connectivity index (χ2n) is 5.50. The Morgan fingerprint density at radius 2 is 1.42 bits per heavy atom. The van der Waals surface area contributed by atoms with Gasteiger partial charge in [0.1, 0.15) is 5.92 Å². The van der Waals surface area contributed by atoms with Gasteiger partial charge in [-0.05, 0) is 32.4 Å².